The van der Waals surface area contributed by atoms with Crippen LogP contribution in [0.25, 0.3) is 0 Å². The van der Waals surface area contributed by atoms with Crippen LogP contribution in [0.1, 0.15) is 84.5 Å². The Bertz CT molecular complexity index is 578. The molecule has 0 heterocycles. The summed E-state index contributed by atoms with van der Waals surface area (Å²) in [6.45, 7) is 4.49. The molecule has 0 rings (SSSR count). The number of Topliss-reactive ketones (excluding diaryl/α,β-unsaturated/α-hetero) is 1. The molecule has 0 aromatic carbocycles. The molecule has 0 aliphatic heterocycles. The fourth-order valence-electron chi connectivity index (χ4n) is 3.19. The number of rotatable bonds is 20. The topological polar surface area (TPSA) is 114 Å². The normalized spacial score (nSPS) is 11.8. The fraction of sp³-hybridized carbons (Fsp3) is 0.750. The zero-order valence-corrected chi connectivity index (χ0v) is 20.2. The number of hydrogen-bond donors (Lipinski definition) is 3. The lowest BCUT2D eigenvalue weighted by Gasteiger charge is -2.18. The molecule has 0 saturated heterocycles. The van der Waals surface area contributed by atoms with E-state index in [9.17, 15) is 19.2 Å². The monoisotopic (exact) mass is 453 g/mol. The minimum Gasteiger partial charge on any atom is -0.461 e. The van der Waals surface area contributed by atoms with Crippen molar-refractivity contribution in [2.24, 2.45) is 0 Å². The van der Waals surface area contributed by atoms with Crippen LogP contribution in [0.5, 0.6) is 0 Å². The largest absolute Gasteiger partial charge is 0.461 e. The van der Waals surface area contributed by atoms with E-state index >= 15 is 0 Å². The highest BCUT2D eigenvalue weighted by Gasteiger charge is 2.20. The maximum Gasteiger partial charge on any atom is 0.330 e. The Morgan fingerprint density at radius 3 is 2.16 bits per heavy atom. The average molecular weight is 454 g/mol. The number of carbonyl (C=O) groups excluding carboxylic acids is 4. The van der Waals surface area contributed by atoms with Crippen molar-refractivity contribution in [3.63, 3.8) is 0 Å². The zero-order valence-electron chi connectivity index (χ0n) is 20.2. The van der Waals surface area contributed by atoms with Crippen molar-refractivity contribution >= 4 is 23.6 Å². The predicted molar refractivity (Wildman–Crippen MR) is 126 cm³/mol. The molecule has 8 nitrogen and oxygen atoms in total. The molecular weight excluding hydrogens is 410 g/mol. The number of amides is 2. The quantitative estimate of drug-likeness (QED) is 0.148. The molecule has 0 spiro atoms. The average Bonchev–Trinajstić information content (AvgIpc) is 2.75. The van der Waals surface area contributed by atoms with Crippen molar-refractivity contribution in [1.82, 2.24) is 16.0 Å². The summed E-state index contributed by atoms with van der Waals surface area (Å²) in [6.07, 6.45) is 12.1. The van der Waals surface area contributed by atoms with Crippen LogP contribution in [0.2, 0.25) is 0 Å². The third-order valence-corrected chi connectivity index (χ3v) is 4.95. The van der Waals surface area contributed by atoms with Gasteiger partial charge in [0.15, 0.2) is 0 Å². The lowest BCUT2D eigenvalue weighted by Crippen LogP contribution is -2.47. The first-order valence-electron chi connectivity index (χ1n) is 11.9. The van der Waals surface area contributed by atoms with E-state index in [4.69, 9.17) is 4.74 Å². The smallest absolute Gasteiger partial charge is 0.330 e. The number of unbranched alkanes of at least 4 members (excludes halogenated alkanes) is 6. The van der Waals surface area contributed by atoms with Crippen LogP contribution in [-0.4, -0.2) is 56.4 Å². The summed E-state index contributed by atoms with van der Waals surface area (Å²) in [4.78, 5) is 47.1. The van der Waals surface area contributed by atoms with E-state index in [2.05, 4.69) is 16.0 Å². The Morgan fingerprint density at radius 2 is 1.53 bits per heavy atom. The number of esters is 1. The molecule has 1 unspecified atom stereocenters. The SMILES string of the molecule is CC=CC(=O)OCCNC(=O)C(CCCCNC)NC(=O)CCCCCCCCC(C)=O. The van der Waals surface area contributed by atoms with E-state index in [-0.39, 0.29) is 30.7 Å². The Hall–Kier alpha value is -2.22. The molecule has 0 aliphatic rings. The molecule has 0 aromatic rings. The molecule has 3 N–H and O–H groups in total. The molecule has 32 heavy (non-hydrogen) atoms. The van der Waals surface area contributed by atoms with E-state index in [0.29, 0.717) is 19.3 Å². The Kier molecular flexibility index (Phi) is 19.2. The van der Waals surface area contributed by atoms with E-state index in [0.717, 1.165) is 57.9 Å². The minimum absolute atomic E-state index is 0.0851. The Labute approximate surface area is 193 Å². The van der Waals surface area contributed by atoms with Crippen LogP contribution in [-0.2, 0) is 23.9 Å². The molecule has 1 atom stereocenters. The van der Waals surface area contributed by atoms with E-state index < -0.39 is 12.0 Å². The molecular formula is C24H43N3O5. The predicted octanol–water partition coefficient (Wildman–Crippen LogP) is 2.81. The summed E-state index contributed by atoms with van der Waals surface area (Å²) >= 11 is 0. The number of hydrogen-bond acceptors (Lipinski definition) is 6. The van der Waals surface area contributed by atoms with Gasteiger partial charge in [-0.25, -0.2) is 4.79 Å². The van der Waals surface area contributed by atoms with Crippen LogP contribution < -0.4 is 16.0 Å². The highest BCUT2D eigenvalue weighted by Crippen LogP contribution is 2.09. The molecule has 0 bridgehead atoms. The van der Waals surface area contributed by atoms with Gasteiger partial charge in [-0.1, -0.05) is 31.8 Å². The van der Waals surface area contributed by atoms with E-state index in [1.807, 2.05) is 7.05 Å². The Balaban J connectivity index is 4.24. The second-order valence-corrected chi connectivity index (χ2v) is 8.00. The van der Waals surface area contributed by atoms with Gasteiger partial charge in [0.25, 0.3) is 0 Å². The van der Waals surface area contributed by atoms with Gasteiger partial charge in [0.1, 0.15) is 18.4 Å². The molecule has 0 fully saturated rings. The van der Waals surface area contributed by atoms with Gasteiger partial charge in [-0.3, -0.25) is 9.59 Å². The first kappa shape index (κ1) is 29.8. The minimum atomic E-state index is -0.586. The second kappa shape index (κ2) is 20.7. The summed E-state index contributed by atoms with van der Waals surface area (Å²) in [7, 11) is 1.88. The summed E-state index contributed by atoms with van der Waals surface area (Å²) in [5.41, 5.74) is 0. The molecule has 0 aromatic heterocycles. The number of ketones is 1. The number of ether oxygens (including phenoxy) is 1. The van der Waals surface area contributed by atoms with Crippen LogP contribution in [0.15, 0.2) is 12.2 Å². The van der Waals surface area contributed by atoms with Gasteiger partial charge in [0.05, 0.1) is 6.54 Å². The Morgan fingerprint density at radius 1 is 0.875 bits per heavy atom. The standard InChI is InChI=1S/C24H43N3O5/c1-4-13-23(30)32-19-18-26-24(31)21(15-11-12-17-25-3)27-22(29)16-10-8-6-5-7-9-14-20(2)28/h4,13,21,25H,5-12,14-19H2,1-3H3,(H,26,31)(H,27,29). The van der Waals surface area contributed by atoms with Crippen LogP contribution >= 0.6 is 0 Å². The summed E-state index contributed by atoms with van der Waals surface area (Å²) < 4.78 is 4.97. The first-order valence-corrected chi connectivity index (χ1v) is 11.9. The summed E-state index contributed by atoms with van der Waals surface area (Å²) in [5, 5.41) is 8.67. The van der Waals surface area contributed by atoms with Gasteiger partial charge in [0, 0.05) is 18.9 Å². The number of carbonyl (C=O) groups is 4. The summed E-state index contributed by atoms with van der Waals surface area (Å²) in [6, 6.07) is -0.586. The van der Waals surface area contributed by atoms with Gasteiger partial charge in [-0.05, 0) is 59.5 Å². The molecule has 0 saturated carbocycles. The third-order valence-electron chi connectivity index (χ3n) is 4.95. The van der Waals surface area contributed by atoms with E-state index in [1.165, 1.54) is 6.08 Å². The van der Waals surface area contributed by atoms with Crippen molar-refractivity contribution in [1.29, 1.82) is 0 Å². The molecule has 0 aliphatic carbocycles. The third kappa shape index (κ3) is 18.5. The van der Waals surface area contributed by atoms with Gasteiger partial charge in [0.2, 0.25) is 11.8 Å². The molecule has 8 heteroatoms. The summed E-state index contributed by atoms with van der Waals surface area (Å²) in [5.74, 6) is -0.580. The lowest BCUT2D eigenvalue weighted by molar-refractivity contribution is -0.138. The molecule has 2 amide bonds. The zero-order chi connectivity index (χ0) is 24.0. The molecule has 184 valence electrons. The fourth-order valence-corrected chi connectivity index (χ4v) is 3.19. The number of nitrogens with one attached hydrogen (secondary N) is 3. The van der Waals surface area contributed by atoms with Gasteiger partial charge < -0.3 is 25.5 Å². The van der Waals surface area contributed by atoms with Gasteiger partial charge in [-0.2, -0.15) is 0 Å². The van der Waals surface area contributed by atoms with Crippen molar-refractivity contribution in [3.05, 3.63) is 12.2 Å². The van der Waals surface area contributed by atoms with Gasteiger partial charge >= 0.3 is 5.97 Å². The lowest BCUT2D eigenvalue weighted by atomic mass is 10.1. The maximum atomic E-state index is 12.5. The second-order valence-electron chi connectivity index (χ2n) is 8.00. The first-order chi connectivity index (χ1) is 15.4. The van der Waals surface area contributed by atoms with Crippen LogP contribution in [0, 0.1) is 0 Å². The maximum absolute atomic E-state index is 12.5. The van der Waals surface area contributed by atoms with Crippen molar-refractivity contribution in [2.75, 3.05) is 26.7 Å². The van der Waals surface area contributed by atoms with Crippen molar-refractivity contribution in [2.45, 2.75) is 90.5 Å². The van der Waals surface area contributed by atoms with Crippen LogP contribution in [0.4, 0.5) is 0 Å². The van der Waals surface area contributed by atoms with Crippen molar-refractivity contribution in [3.8, 4) is 0 Å². The molecule has 0 radical (unpaired) electrons. The van der Waals surface area contributed by atoms with Crippen molar-refractivity contribution < 1.29 is 23.9 Å². The highest BCUT2D eigenvalue weighted by molar-refractivity contribution is 5.87. The van der Waals surface area contributed by atoms with Gasteiger partial charge in [-0.15, -0.1) is 0 Å². The van der Waals surface area contributed by atoms with Crippen LogP contribution in [0.3, 0.4) is 0 Å². The van der Waals surface area contributed by atoms with E-state index in [1.54, 1.807) is 19.9 Å². The number of allylic oxidation sites excluding steroid dienone is 1. The highest BCUT2D eigenvalue weighted by atomic mass is 16.5.